The molecule has 1 aromatic rings. The summed E-state index contributed by atoms with van der Waals surface area (Å²) in [6, 6.07) is 5.45. The maximum absolute atomic E-state index is 13.0. The maximum Gasteiger partial charge on any atom is 0.273 e. The van der Waals surface area contributed by atoms with Crippen molar-refractivity contribution in [2.24, 2.45) is 0 Å². The Balaban J connectivity index is 1.83. The van der Waals surface area contributed by atoms with E-state index in [0.29, 0.717) is 12.1 Å². The molecule has 0 spiro atoms. The summed E-state index contributed by atoms with van der Waals surface area (Å²) in [7, 11) is 0. The number of hydrogen-bond donors (Lipinski definition) is 0. The number of unbranched alkanes of at least 4 members (excludes halogenated alkanes) is 7. The fraction of sp³-hybridized carbons (Fsp3) is 0.500. The zero-order chi connectivity index (χ0) is 18.2. The van der Waals surface area contributed by atoms with E-state index in [4.69, 9.17) is 11.6 Å². The standard InChI is InChI=1S/C20H25ClFNO2/c1-2-3-4-5-6-7-8-9-14-23-19(24)17(18(21)20(23)25)15-10-12-16(22)13-11-15/h10-13H,2-9,14H2,1H3. The molecule has 136 valence electrons. The van der Waals surface area contributed by atoms with Crippen molar-refractivity contribution < 1.29 is 14.0 Å². The van der Waals surface area contributed by atoms with E-state index in [0.717, 1.165) is 19.3 Å². The molecule has 0 radical (unpaired) electrons. The molecule has 3 nitrogen and oxygen atoms in total. The lowest BCUT2D eigenvalue weighted by atomic mass is 10.1. The molecule has 0 unspecified atom stereocenters. The van der Waals surface area contributed by atoms with Gasteiger partial charge in [-0.25, -0.2) is 4.39 Å². The molecule has 0 aliphatic carbocycles. The van der Waals surface area contributed by atoms with E-state index in [1.807, 2.05) is 0 Å². The lowest BCUT2D eigenvalue weighted by Gasteiger charge is -2.14. The Morgan fingerprint density at radius 1 is 0.880 bits per heavy atom. The van der Waals surface area contributed by atoms with Crippen molar-refractivity contribution in [2.75, 3.05) is 6.54 Å². The SMILES string of the molecule is CCCCCCCCCCN1C(=O)C(Cl)=C(c2ccc(F)cc2)C1=O. The molecule has 1 aromatic carbocycles. The van der Waals surface area contributed by atoms with Gasteiger partial charge in [0.15, 0.2) is 0 Å². The van der Waals surface area contributed by atoms with Gasteiger partial charge < -0.3 is 0 Å². The smallest absolute Gasteiger partial charge is 0.273 e. The molecular formula is C20H25ClFNO2. The van der Waals surface area contributed by atoms with Gasteiger partial charge in [-0.15, -0.1) is 0 Å². The first-order chi connectivity index (χ1) is 12.1. The second-order valence-corrected chi connectivity index (χ2v) is 6.81. The second-order valence-electron chi connectivity index (χ2n) is 6.43. The molecule has 25 heavy (non-hydrogen) atoms. The van der Waals surface area contributed by atoms with E-state index in [-0.39, 0.29) is 16.5 Å². The summed E-state index contributed by atoms with van der Waals surface area (Å²) in [4.78, 5) is 26.0. The lowest BCUT2D eigenvalue weighted by molar-refractivity contribution is -0.136. The van der Waals surface area contributed by atoms with Gasteiger partial charge in [-0.2, -0.15) is 0 Å². The number of nitrogens with zero attached hydrogens (tertiary/aromatic N) is 1. The highest BCUT2D eigenvalue weighted by Crippen LogP contribution is 2.32. The molecule has 0 saturated carbocycles. The van der Waals surface area contributed by atoms with Gasteiger partial charge in [-0.05, 0) is 24.1 Å². The first-order valence-corrected chi connectivity index (χ1v) is 9.46. The summed E-state index contributed by atoms with van der Waals surface area (Å²) in [5.41, 5.74) is 0.648. The lowest BCUT2D eigenvalue weighted by Crippen LogP contribution is -2.32. The minimum Gasteiger partial charge on any atom is -0.274 e. The number of benzene rings is 1. The van der Waals surface area contributed by atoms with Crippen LogP contribution in [-0.4, -0.2) is 23.3 Å². The minimum atomic E-state index is -0.450. The number of carbonyl (C=O) groups excluding carboxylic acids is 2. The van der Waals surface area contributed by atoms with Crippen LogP contribution >= 0.6 is 11.6 Å². The number of imide groups is 1. The number of rotatable bonds is 10. The monoisotopic (exact) mass is 365 g/mol. The highest BCUT2D eigenvalue weighted by molar-refractivity contribution is 6.55. The predicted octanol–water partition coefficient (Wildman–Crippen LogP) is 5.29. The molecule has 0 fully saturated rings. The van der Waals surface area contributed by atoms with Gasteiger partial charge in [-0.3, -0.25) is 14.5 Å². The van der Waals surface area contributed by atoms with E-state index in [1.54, 1.807) is 0 Å². The molecule has 2 rings (SSSR count). The average Bonchev–Trinajstić information content (AvgIpc) is 2.81. The molecule has 5 heteroatoms. The van der Waals surface area contributed by atoms with Crippen molar-refractivity contribution in [2.45, 2.75) is 58.3 Å². The Morgan fingerprint density at radius 2 is 1.44 bits per heavy atom. The van der Waals surface area contributed by atoms with Crippen LogP contribution in [0.2, 0.25) is 0 Å². The third kappa shape index (κ3) is 5.15. The van der Waals surface area contributed by atoms with Crippen molar-refractivity contribution in [3.05, 3.63) is 40.7 Å². The molecule has 1 heterocycles. The zero-order valence-corrected chi connectivity index (χ0v) is 15.4. The van der Waals surface area contributed by atoms with Gasteiger partial charge in [0.25, 0.3) is 11.8 Å². The first-order valence-electron chi connectivity index (χ1n) is 9.08. The fourth-order valence-electron chi connectivity index (χ4n) is 3.02. The van der Waals surface area contributed by atoms with Crippen LogP contribution in [-0.2, 0) is 9.59 Å². The average molecular weight is 366 g/mol. The number of amides is 2. The van der Waals surface area contributed by atoms with Crippen LogP contribution in [0.5, 0.6) is 0 Å². The normalized spacial score (nSPS) is 14.8. The molecule has 1 aliphatic rings. The summed E-state index contributed by atoms with van der Waals surface area (Å²) in [6.45, 7) is 2.58. The first kappa shape index (κ1) is 19.6. The van der Waals surface area contributed by atoms with Crippen LogP contribution in [0.25, 0.3) is 5.57 Å². The van der Waals surface area contributed by atoms with Crippen molar-refractivity contribution in [3.8, 4) is 0 Å². The van der Waals surface area contributed by atoms with Crippen LogP contribution in [0.15, 0.2) is 29.3 Å². The third-order valence-electron chi connectivity index (χ3n) is 4.48. The third-order valence-corrected chi connectivity index (χ3v) is 4.83. The van der Waals surface area contributed by atoms with Gasteiger partial charge in [0.1, 0.15) is 10.8 Å². The topological polar surface area (TPSA) is 37.4 Å². The number of carbonyl (C=O) groups is 2. The van der Waals surface area contributed by atoms with Gasteiger partial charge in [0.05, 0.1) is 5.57 Å². The quantitative estimate of drug-likeness (QED) is 0.417. The van der Waals surface area contributed by atoms with E-state index in [2.05, 4.69) is 6.92 Å². The van der Waals surface area contributed by atoms with Gasteiger partial charge in [0, 0.05) is 6.54 Å². The molecule has 0 atom stereocenters. The van der Waals surface area contributed by atoms with Crippen molar-refractivity contribution in [1.82, 2.24) is 4.90 Å². The zero-order valence-electron chi connectivity index (χ0n) is 14.7. The summed E-state index contributed by atoms with van der Waals surface area (Å²) in [6.07, 6.45) is 9.14. The van der Waals surface area contributed by atoms with Crippen molar-refractivity contribution >= 4 is 29.0 Å². The second kappa shape index (κ2) is 9.71. The van der Waals surface area contributed by atoms with E-state index in [1.165, 1.54) is 61.3 Å². The van der Waals surface area contributed by atoms with Crippen LogP contribution in [0.4, 0.5) is 4.39 Å². The molecule has 2 amide bonds. The summed E-state index contributed by atoms with van der Waals surface area (Å²) < 4.78 is 13.0. The number of halogens is 2. The van der Waals surface area contributed by atoms with Gasteiger partial charge in [0.2, 0.25) is 0 Å². The molecule has 0 saturated heterocycles. The Morgan fingerprint density at radius 3 is 2.04 bits per heavy atom. The maximum atomic E-state index is 13.0. The molecule has 0 bridgehead atoms. The number of hydrogen-bond acceptors (Lipinski definition) is 2. The highest BCUT2D eigenvalue weighted by atomic mass is 35.5. The van der Waals surface area contributed by atoms with Crippen LogP contribution in [0.3, 0.4) is 0 Å². The summed E-state index contributed by atoms with van der Waals surface area (Å²) in [5, 5.41) is -0.0730. The molecule has 1 aliphatic heterocycles. The van der Waals surface area contributed by atoms with Crippen molar-refractivity contribution in [3.63, 3.8) is 0 Å². The van der Waals surface area contributed by atoms with Crippen molar-refractivity contribution in [1.29, 1.82) is 0 Å². The summed E-state index contributed by atoms with van der Waals surface area (Å²) in [5.74, 6) is -1.23. The van der Waals surface area contributed by atoms with Gasteiger partial charge in [-0.1, -0.05) is 75.6 Å². The Hall–Kier alpha value is -1.68. The Kier molecular flexibility index (Phi) is 7.63. The van der Waals surface area contributed by atoms with Crippen LogP contribution < -0.4 is 0 Å². The van der Waals surface area contributed by atoms with E-state index < -0.39 is 11.7 Å². The molecule has 0 N–H and O–H groups in total. The highest BCUT2D eigenvalue weighted by Gasteiger charge is 2.37. The molecular weight excluding hydrogens is 341 g/mol. The predicted molar refractivity (Wildman–Crippen MR) is 98.5 cm³/mol. The Labute approximate surface area is 153 Å². The Bertz CT molecular complexity index is 640. The van der Waals surface area contributed by atoms with Crippen LogP contribution in [0, 0.1) is 5.82 Å². The fourth-order valence-corrected chi connectivity index (χ4v) is 3.31. The summed E-state index contributed by atoms with van der Waals surface area (Å²) >= 11 is 6.08. The molecule has 0 aromatic heterocycles. The largest absolute Gasteiger partial charge is 0.274 e. The van der Waals surface area contributed by atoms with Crippen LogP contribution in [0.1, 0.15) is 63.9 Å². The minimum absolute atomic E-state index is 0.0730. The van der Waals surface area contributed by atoms with E-state index in [9.17, 15) is 14.0 Å². The van der Waals surface area contributed by atoms with E-state index >= 15 is 0 Å². The van der Waals surface area contributed by atoms with Gasteiger partial charge >= 0.3 is 0 Å².